The van der Waals surface area contributed by atoms with Crippen LogP contribution in [0.15, 0.2) is 0 Å². The number of hydrogen-bond donors (Lipinski definition) is 1. The third kappa shape index (κ3) is 2.38. The molecule has 0 amide bonds. The van der Waals surface area contributed by atoms with Gasteiger partial charge in [0.25, 0.3) is 0 Å². The maximum Gasteiger partial charge on any atom is 0.162 e. The fourth-order valence-corrected chi connectivity index (χ4v) is 2.55. The van der Waals surface area contributed by atoms with Gasteiger partial charge in [-0.05, 0) is 12.3 Å². The molecule has 2 atom stereocenters. The lowest BCUT2D eigenvalue weighted by molar-refractivity contribution is 0.0769. The third-order valence-electron chi connectivity index (χ3n) is 3.80. The van der Waals surface area contributed by atoms with Crippen molar-refractivity contribution < 1.29 is 0 Å². The molecule has 1 rings (SSSR count). The van der Waals surface area contributed by atoms with E-state index < -0.39 is 10.8 Å². The Morgan fingerprint density at radius 2 is 1.47 bits per heavy atom. The van der Waals surface area contributed by atoms with Crippen molar-refractivity contribution in [1.29, 1.82) is 21.0 Å². The van der Waals surface area contributed by atoms with Crippen LogP contribution in [0.1, 0.15) is 19.8 Å². The lowest BCUT2D eigenvalue weighted by atomic mass is 9.57. The first-order chi connectivity index (χ1) is 8.89. The highest BCUT2D eigenvalue weighted by molar-refractivity contribution is 5.30. The highest BCUT2D eigenvalue weighted by atomic mass is 15.5. The number of hydrogen-bond acceptors (Lipinski definition) is 6. The summed E-state index contributed by atoms with van der Waals surface area (Å²) in [6.45, 7) is 1.81. The van der Waals surface area contributed by atoms with Crippen LogP contribution in [0.4, 0.5) is 0 Å². The summed E-state index contributed by atoms with van der Waals surface area (Å²) in [6.07, 6.45) is 0.382. The topological polar surface area (TPSA) is 110 Å². The molecule has 0 saturated heterocycles. The first-order valence-electron chi connectivity index (χ1n) is 5.98. The monoisotopic (exact) mass is 256 g/mol. The van der Waals surface area contributed by atoms with Crippen molar-refractivity contribution in [2.75, 3.05) is 14.1 Å². The number of nitrogens with one attached hydrogen (secondary N) is 1. The lowest BCUT2D eigenvalue weighted by Crippen LogP contribution is -2.56. The van der Waals surface area contributed by atoms with Crippen molar-refractivity contribution in [3.8, 4) is 24.3 Å². The fourth-order valence-electron chi connectivity index (χ4n) is 2.55. The predicted octanol–water partition coefficient (Wildman–Crippen LogP) is 0.918. The quantitative estimate of drug-likeness (QED) is 0.735. The van der Waals surface area contributed by atoms with Gasteiger partial charge in [0, 0.05) is 20.5 Å². The van der Waals surface area contributed by atoms with E-state index in [0.717, 1.165) is 0 Å². The normalized spacial score (nSPS) is 27.6. The molecule has 1 fully saturated rings. The van der Waals surface area contributed by atoms with Crippen LogP contribution in [-0.2, 0) is 0 Å². The van der Waals surface area contributed by atoms with E-state index in [-0.39, 0.29) is 18.4 Å². The van der Waals surface area contributed by atoms with Crippen LogP contribution in [0.25, 0.3) is 0 Å². The predicted molar refractivity (Wildman–Crippen MR) is 66.3 cm³/mol. The highest BCUT2D eigenvalue weighted by Gasteiger charge is 2.56. The van der Waals surface area contributed by atoms with Crippen molar-refractivity contribution >= 4 is 0 Å². The Morgan fingerprint density at radius 1 is 1.00 bits per heavy atom. The summed E-state index contributed by atoms with van der Waals surface area (Å²) in [4.78, 5) is 0. The summed E-state index contributed by atoms with van der Waals surface area (Å²) < 4.78 is 0. The number of hydrazine groups is 1. The smallest absolute Gasteiger partial charge is 0.162 e. The van der Waals surface area contributed by atoms with Gasteiger partial charge in [-0.2, -0.15) is 21.0 Å². The zero-order valence-electron chi connectivity index (χ0n) is 11.3. The summed E-state index contributed by atoms with van der Waals surface area (Å²) in [5.74, 6) is -0.199. The molecule has 0 bridgehead atoms. The van der Waals surface area contributed by atoms with Crippen molar-refractivity contribution in [2.45, 2.75) is 25.8 Å². The zero-order chi connectivity index (χ0) is 14.7. The second-order valence-electron chi connectivity index (χ2n) is 5.28. The van der Waals surface area contributed by atoms with Gasteiger partial charge >= 0.3 is 0 Å². The van der Waals surface area contributed by atoms with Crippen LogP contribution in [0, 0.1) is 62.1 Å². The Hall–Kier alpha value is -2.12. The molecule has 6 heteroatoms. The maximum atomic E-state index is 9.38. The van der Waals surface area contributed by atoms with Crippen LogP contribution in [0.2, 0.25) is 0 Å². The van der Waals surface area contributed by atoms with Gasteiger partial charge in [0.05, 0.1) is 30.3 Å². The van der Waals surface area contributed by atoms with E-state index >= 15 is 0 Å². The van der Waals surface area contributed by atoms with Crippen molar-refractivity contribution in [3.63, 3.8) is 0 Å². The second kappa shape index (κ2) is 5.25. The molecule has 19 heavy (non-hydrogen) atoms. The SMILES string of the molecule is CC1CC(NN(C)C)C(C#N)(C#N)CC1(C#N)C#N. The summed E-state index contributed by atoms with van der Waals surface area (Å²) in [5, 5.41) is 39.0. The molecule has 1 aliphatic rings. The minimum Gasteiger partial charge on any atom is -0.250 e. The molecule has 1 aliphatic carbocycles. The standard InChI is InChI=1S/C13H16N6/c1-10-4-11(18-19(2)3)13(8-16,9-17)5-12(10,6-14)7-15/h10-11,18H,4-5H2,1-3H3. The minimum absolute atomic E-state index is 0.0489. The van der Waals surface area contributed by atoms with Crippen molar-refractivity contribution in [1.82, 2.24) is 10.4 Å². The fraction of sp³-hybridized carbons (Fsp3) is 0.692. The van der Waals surface area contributed by atoms with E-state index in [2.05, 4.69) is 5.43 Å². The van der Waals surface area contributed by atoms with Crippen LogP contribution in [0.3, 0.4) is 0 Å². The van der Waals surface area contributed by atoms with E-state index in [1.54, 1.807) is 19.1 Å². The Labute approximate surface area is 113 Å². The average molecular weight is 256 g/mol. The molecule has 0 heterocycles. The van der Waals surface area contributed by atoms with Crippen LogP contribution in [-0.4, -0.2) is 25.1 Å². The molecule has 0 aliphatic heterocycles. The Morgan fingerprint density at radius 3 is 1.84 bits per heavy atom. The summed E-state index contributed by atoms with van der Waals surface area (Å²) in [5.41, 5.74) is 0.434. The summed E-state index contributed by atoms with van der Waals surface area (Å²) in [6, 6.07) is 7.66. The maximum absolute atomic E-state index is 9.38. The van der Waals surface area contributed by atoms with E-state index in [0.29, 0.717) is 6.42 Å². The molecule has 0 spiro atoms. The zero-order valence-corrected chi connectivity index (χ0v) is 11.3. The van der Waals surface area contributed by atoms with Crippen LogP contribution >= 0.6 is 0 Å². The van der Waals surface area contributed by atoms with Gasteiger partial charge in [-0.15, -0.1) is 0 Å². The Kier molecular flexibility index (Phi) is 4.13. The Balaban J connectivity index is 3.24. The molecule has 0 radical (unpaired) electrons. The number of nitriles is 4. The second-order valence-corrected chi connectivity index (χ2v) is 5.28. The largest absolute Gasteiger partial charge is 0.250 e. The molecule has 1 N–H and O–H groups in total. The summed E-state index contributed by atoms with van der Waals surface area (Å²) >= 11 is 0. The van der Waals surface area contributed by atoms with E-state index in [1.807, 2.05) is 31.2 Å². The minimum atomic E-state index is -1.36. The molecular weight excluding hydrogens is 240 g/mol. The third-order valence-corrected chi connectivity index (χ3v) is 3.80. The first-order valence-corrected chi connectivity index (χ1v) is 5.98. The van der Waals surface area contributed by atoms with Gasteiger partial charge in [0.1, 0.15) is 5.41 Å². The molecular formula is C13H16N6. The van der Waals surface area contributed by atoms with E-state index in [9.17, 15) is 21.0 Å². The molecule has 2 unspecified atom stereocenters. The van der Waals surface area contributed by atoms with Gasteiger partial charge in [-0.25, -0.2) is 5.43 Å². The molecule has 0 aromatic heterocycles. The van der Waals surface area contributed by atoms with Gasteiger partial charge in [0.2, 0.25) is 0 Å². The van der Waals surface area contributed by atoms with E-state index in [1.165, 1.54) is 0 Å². The van der Waals surface area contributed by atoms with Gasteiger partial charge in [-0.3, -0.25) is 5.01 Å². The molecule has 6 nitrogen and oxygen atoms in total. The molecule has 0 aromatic rings. The van der Waals surface area contributed by atoms with Crippen LogP contribution in [0.5, 0.6) is 0 Å². The number of nitrogens with zero attached hydrogens (tertiary/aromatic N) is 5. The molecule has 0 aromatic carbocycles. The first kappa shape index (κ1) is 14.9. The number of rotatable bonds is 2. The van der Waals surface area contributed by atoms with Gasteiger partial charge in [0.15, 0.2) is 5.41 Å². The van der Waals surface area contributed by atoms with E-state index in [4.69, 9.17) is 0 Å². The Bertz CT molecular complexity index is 481. The highest BCUT2D eigenvalue weighted by Crippen LogP contribution is 2.48. The lowest BCUT2D eigenvalue weighted by Gasteiger charge is -2.44. The van der Waals surface area contributed by atoms with Gasteiger partial charge < -0.3 is 0 Å². The summed E-state index contributed by atoms with van der Waals surface area (Å²) in [7, 11) is 3.56. The molecule has 98 valence electrons. The van der Waals surface area contributed by atoms with Crippen LogP contribution < -0.4 is 5.43 Å². The average Bonchev–Trinajstić information content (AvgIpc) is 2.40. The van der Waals surface area contributed by atoms with Gasteiger partial charge in [-0.1, -0.05) is 6.92 Å². The van der Waals surface area contributed by atoms with Crippen molar-refractivity contribution in [2.24, 2.45) is 16.7 Å². The molecule has 1 saturated carbocycles. The van der Waals surface area contributed by atoms with Crippen molar-refractivity contribution in [3.05, 3.63) is 0 Å².